The molecule has 1 aromatic carbocycles. The second-order valence-corrected chi connectivity index (χ2v) is 4.65. The van der Waals surface area contributed by atoms with Crippen LogP contribution in [-0.2, 0) is 25.4 Å². The van der Waals surface area contributed by atoms with Crippen molar-refractivity contribution in [2.24, 2.45) is 0 Å². The summed E-state index contributed by atoms with van der Waals surface area (Å²) < 4.78 is 16.4. The Morgan fingerprint density at radius 3 is 2.83 bits per heavy atom. The van der Waals surface area contributed by atoms with Crippen LogP contribution in [-0.4, -0.2) is 31.1 Å². The molecule has 1 aromatic rings. The maximum absolute atomic E-state index is 10.7. The topological polar surface area (TPSA) is 44.8 Å². The summed E-state index contributed by atoms with van der Waals surface area (Å²) in [7, 11) is 0. The summed E-state index contributed by atoms with van der Waals surface area (Å²) in [6.07, 6.45) is 0.507. The molecule has 98 valence electrons. The minimum absolute atomic E-state index is 0.178. The molecule has 0 bridgehead atoms. The number of benzene rings is 1. The maximum atomic E-state index is 10.7. The molecular weight excluding hydrogens is 232 g/mol. The third kappa shape index (κ3) is 3.55. The van der Waals surface area contributed by atoms with Crippen LogP contribution >= 0.6 is 0 Å². The summed E-state index contributed by atoms with van der Waals surface area (Å²) in [5, 5.41) is 0. The summed E-state index contributed by atoms with van der Waals surface area (Å²) in [6, 6.07) is 10.0. The lowest BCUT2D eigenvalue weighted by atomic mass is 10.1. The van der Waals surface area contributed by atoms with Gasteiger partial charge in [0.05, 0.1) is 6.61 Å². The van der Waals surface area contributed by atoms with Crippen LogP contribution in [0.15, 0.2) is 30.3 Å². The van der Waals surface area contributed by atoms with E-state index in [1.165, 1.54) is 6.92 Å². The molecule has 0 unspecified atom stereocenters. The molecular formula is C14H18O4. The Kier molecular flexibility index (Phi) is 3.99. The van der Waals surface area contributed by atoms with Gasteiger partial charge in [0.15, 0.2) is 5.79 Å². The Bertz CT molecular complexity index is 404. The van der Waals surface area contributed by atoms with E-state index in [9.17, 15) is 4.79 Å². The van der Waals surface area contributed by atoms with Crippen LogP contribution in [0.2, 0.25) is 0 Å². The average Bonchev–Trinajstić information content (AvgIpc) is 2.69. The number of ether oxygens (including phenoxy) is 3. The second kappa shape index (κ2) is 5.50. The quantitative estimate of drug-likeness (QED) is 0.766. The lowest BCUT2D eigenvalue weighted by Gasteiger charge is -2.23. The summed E-state index contributed by atoms with van der Waals surface area (Å²) >= 11 is 0. The number of carbonyl (C=O) groups excluding carboxylic acids is 1. The van der Waals surface area contributed by atoms with Gasteiger partial charge < -0.3 is 14.2 Å². The van der Waals surface area contributed by atoms with Gasteiger partial charge in [-0.05, 0) is 12.5 Å². The molecule has 1 fully saturated rings. The Labute approximate surface area is 107 Å². The first-order valence-corrected chi connectivity index (χ1v) is 6.06. The van der Waals surface area contributed by atoms with Crippen molar-refractivity contribution < 1.29 is 19.0 Å². The van der Waals surface area contributed by atoms with E-state index < -0.39 is 5.79 Å². The van der Waals surface area contributed by atoms with E-state index >= 15 is 0 Å². The molecule has 0 aromatic heterocycles. The molecule has 18 heavy (non-hydrogen) atoms. The van der Waals surface area contributed by atoms with Crippen LogP contribution < -0.4 is 0 Å². The van der Waals surface area contributed by atoms with Gasteiger partial charge >= 0.3 is 5.97 Å². The summed E-state index contributed by atoms with van der Waals surface area (Å²) in [4.78, 5) is 10.7. The average molecular weight is 250 g/mol. The van der Waals surface area contributed by atoms with E-state index in [0.29, 0.717) is 13.0 Å². The molecule has 1 aliphatic rings. The fourth-order valence-corrected chi connectivity index (χ4v) is 2.04. The molecule has 0 saturated carbocycles. The van der Waals surface area contributed by atoms with Crippen molar-refractivity contribution in [3.8, 4) is 0 Å². The maximum Gasteiger partial charge on any atom is 0.302 e. The van der Waals surface area contributed by atoms with Gasteiger partial charge in [-0.3, -0.25) is 4.79 Å². The number of hydrogen-bond acceptors (Lipinski definition) is 4. The zero-order chi connectivity index (χ0) is 13.0. The van der Waals surface area contributed by atoms with E-state index in [2.05, 4.69) is 0 Å². The van der Waals surface area contributed by atoms with Gasteiger partial charge in [0.2, 0.25) is 0 Å². The van der Waals surface area contributed by atoms with Crippen molar-refractivity contribution in [1.29, 1.82) is 0 Å². The zero-order valence-electron chi connectivity index (χ0n) is 10.7. The first kappa shape index (κ1) is 13.1. The second-order valence-electron chi connectivity index (χ2n) is 4.65. The first-order valence-electron chi connectivity index (χ1n) is 6.06. The van der Waals surface area contributed by atoms with Gasteiger partial charge in [-0.2, -0.15) is 0 Å². The van der Waals surface area contributed by atoms with Crippen LogP contribution in [0.5, 0.6) is 0 Å². The van der Waals surface area contributed by atoms with Gasteiger partial charge in [0.25, 0.3) is 0 Å². The molecule has 1 aliphatic heterocycles. The molecule has 4 heteroatoms. The lowest BCUT2D eigenvalue weighted by molar-refractivity contribution is -0.164. The molecule has 0 amide bonds. The van der Waals surface area contributed by atoms with Gasteiger partial charge in [0.1, 0.15) is 12.7 Å². The van der Waals surface area contributed by atoms with E-state index in [1.807, 2.05) is 37.3 Å². The van der Waals surface area contributed by atoms with E-state index in [1.54, 1.807) is 0 Å². The van der Waals surface area contributed by atoms with Crippen LogP contribution in [0.1, 0.15) is 19.4 Å². The first-order chi connectivity index (χ1) is 8.57. The van der Waals surface area contributed by atoms with Gasteiger partial charge in [0, 0.05) is 13.3 Å². The fourth-order valence-electron chi connectivity index (χ4n) is 2.04. The molecule has 4 nitrogen and oxygen atoms in total. The minimum atomic E-state index is -0.633. The monoisotopic (exact) mass is 250 g/mol. The van der Waals surface area contributed by atoms with E-state index in [-0.39, 0.29) is 18.7 Å². The SMILES string of the molecule is CC(=O)OC[C@@H]1CO[C@@](C)(Cc2ccccc2)O1. The summed E-state index contributed by atoms with van der Waals surface area (Å²) in [6.45, 7) is 4.00. The molecule has 0 aliphatic carbocycles. The third-order valence-electron chi connectivity index (χ3n) is 2.83. The molecule has 1 heterocycles. The minimum Gasteiger partial charge on any atom is -0.463 e. The summed E-state index contributed by atoms with van der Waals surface area (Å²) in [5.74, 6) is -0.929. The van der Waals surface area contributed by atoms with Gasteiger partial charge in [-0.15, -0.1) is 0 Å². The molecule has 0 radical (unpaired) electrons. The molecule has 1 saturated heterocycles. The fraction of sp³-hybridized carbons (Fsp3) is 0.500. The van der Waals surface area contributed by atoms with E-state index in [0.717, 1.165) is 5.56 Å². The van der Waals surface area contributed by atoms with E-state index in [4.69, 9.17) is 14.2 Å². The van der Waals surface area contributed by atoms with Crippen molar-refractivity contribution in [2.45, 2.75) is 32.2 Å². The normalized spacial score (nSPS) is 27.1. The highest BCUT2D eigenvalue weighted by Gasteiger charge is 2.37. The number of rotatable bonds is 4. The number of esters is 1. The highest BCUT2D eigenvalue weighted by molar-refractivity contribution is 5.65. The largest absolute Gasteiger partial charge is 0.463 e. The highest BCUT2D eigenvalue weighted by atomic mass is 16.7. The van der Waals surface area contributed by atoms with Gasteiger partial charge in [-0.1, -0.05) is 30.3 Å². The smallest absolute Gasteiger partial charge is 0.302 e. The predicted molar refractivity (Wildman–Crippen MR) is 66.0 cm³/mol. The lowest BCUT2D eigenvalue weighted by Crippen LogP contribution is -2.30. The van der Waals surface area contributed by atoms with Crippen molar-refractivity contribution in [3.63, 3.8) is 0 Å². The number of carbonyl (C=O) groups is 1. The molecule has 2 atom stereocenters. The van der Waals surface area contributed by atoms with Gasteiger partial charge in [-0.25, -0.2) is 0 Å². The Hall–Kier alpha value is -1.39. The van der Waals surface area contributed by atoms with Crippen LogP contribution in [0, 0.1) is 0 Å². The van der Waals surface area contributed by atoms with Crippen LogP contribution in [0.25, 0.3) is 0 Å². The third-order valence-corrected chi connectivity index (χ3v) is 2.83. The molecule has 2 rings (SSSR count). The predicted octanol–water partition coefficient (Wildman–Crippen LogP) is 1.92. The number of hydrogen-bond donors (Lipinski definition) is 0. The molecule has 0 spiro atoms. The standard InChI is InChI=1S/C14H18O4/c1-11(15)16-9-13-10-17-14(2,18-13)8-12-6-4-3-5-7-12/h3-7,13H,8-10H2,1-2H3/t13-,14-/m1/s1. The van der Waals surface area contributed by atoms with Crippen LogP contribution in [0.4, 0.5) is 0 Å². The molecule has 0 N–H and O–H groups in total. The highest BCUT2D eigenvalue weighted by Crippen LogP contribution is 2.27. The zero-order valence-corrected chi connectivity index (χ0v) is 10.7. The van der Waals surface area contributed by atoms with Crippen LogP contribution in [0.3, 0.4) is 0 Å². The Morgan fingerprint density at radius 2 is 2.17 bits per heavy atom. The Balaban J connectivity index is 1.88. The van der Waals surface area contributed by atoms with Crippen molar-refractivity contribution in [3.05, 3.63) is 35.9 Å². The van der Waals surface area contributed by atoms with Crippen molar-refractivity contribution >= 4 is 5.97 Å². The van der Waals surface area contributed by atoms with Crippen molar-refractivity contribution in [2.75, 3.05) is 13.2 Å². The van der Waals surface area contributed by atoms with Crippen molar-refractivity contribution in [1.82, 2.24) is 0 Å². The Morgan fingerprint density at radius 1 is 1.44 bits per heavy atom. The summed E-state index contributed by atoms with van der Waals surface area (Å²) in [5.41, 5.74) is 1.16.